The Balaban J connectivity index is 2.78. The van der Waals surface area contributed by atoms with Crippen LogP contribution in [0.15, 0.2) is 0 Å². The maximum absolute atomic E-state index is 4.88. The molecule has 1 N–H and O–H groups in total. The Labute approximate surface area is 132 Å². The summed E-state index contributed by atoms with van der Waals surface area (Å²) in [5, 5.41) is 4.67. The molecule has 0 bridgehead atoms. The molecular formula is C15H29N3S2. The molecule has 116 valence electrons. The monoisotopic (exact) mass is 315 g/mol. The van der Waals surface area contributed by atoms with Crippen LogP contribution in [0.4, 0.5) is 5.13 Å². The second-order valence-electron chi connectivity index (χ2n) is 5.21. The smallest absolute Gasteiger partial charge is 0.185 e. The molecule has 0 aliphatic carbocycles. The Morgan fingerprint density at radius 2 is 2.10 bits per heavy atom. The van der Waals surface area contributed by atoms with Gasteiger partial charge in [0.1, 0.15) is 0 Å². The van der Waals surface area contributed by atoms with E-state index in [1.54, 1.807) is 0 Å². The quantitative estimate of drug-likeness (QED) is 0.665. The fourth-order valence-electron chi connectivity index (χ4n) is 2.01. The third kappa shape index (κ3) is 5.26. The topological polar surface area (TPSA) is 28.2 Å². The number of aromatic nitrogens is 1. The first-order valence-electron chi connectivity index (χ1n) is 7.55. The number of thiazole rings is 1. The molecule has 5 heteroatoms. The van der Waals surface area contributed by atoms with E-state index in [9.17, 15) is 0 Å². The lowest BCUT2D eigenvalue weighted by molar-refractivity contribution is 0.674. The Morgan fingerprint density at radius 1 is 1.35 bits per heavy atom. The van der Waals surface area contributed by atoms with Crippen molar-refractivity contribution in [1.82, 2.24) is 10.3 Å². The number of thioether (sulfide) groups is 1. The van der Waals surface area contributed by atoms with Crippen molar-refractivity contribution in [2.24, 2.45) is 0 Å². The van der Waals surface area contributed by atoms with Crippen LogP contribution in [0.2, 0.25) is 0 Å². The second kappa shape index (κ2) is 9.64. The summed E-state index contributed by atoms with van der Waals surface area (Å²) in [7, 11) is 2.17. The van der Waals surface area contributed by atoms with Crippen molar-refractivity contribution in [3.05, 3.63) is 10.6 Å². The van der Waals surface area contributed by atoms with Gasteiger partial charge in [-0.05, 0) is 32.6 Å². The van der Waals surface area contributed by atoms with Crippen molar-refractivity contribution < 1.29 is 0 Å². The molecule has 20 heavy (non-hydrogen) atoms. The Hall–Kier alpha value is -0.260. The van der Waals surface area contributed by atoms with Crippen molar-refractivity contribution in [2.45, 2.75) is 52.6 Å². The number of anilines is 1. The molecule has 0 amide bonds. The molecule has 1 atom stereocenters. The van der Waals surface area contributed by atoms with Crippen LogP contribution in [0.25, 0.3) is 0 Å². The van der Waals surface area contributed by atoms with Crippen molar-refractivity contribution in [2.75, 3.05) is 30.5 Å². The lowest BCUT2D eigenvalue weighted by Gasteiger charge is -2.23. The third-order valence-electron chi connectivity index (χ3n) is 3.34. The first-order chi connectivity index (χ1) is 9.63. The molecule has 0 aliphatic rings. The van der Waals surface area contributed by atoms with E-state index in [4.69, 9.17) is 4.98 Å². The summed E-state index contributed by atoms with van der Waals surface area (Å²) in [4.78, 5) is 8.62. The van der Waals surface area contributed by atoms with E-state index in [2.05, 4.69) is 44.3 Å². The fraction of sp³-hybridized carbons (Fsp3) is 0.800. The van der Waals surface area contributed by atoms with Crippen LogP contribution in [0.5, 0.6) is 0 Å². The zero-order valence-corrected chi connectivity index (χ0v) is 15.2. The van der Waals surface area contributed by atoms with Gasteiger partial charge in [-0.15, -0.1) is 11.3 Å². The molecule has 1 aromatic rings. The van der Waals surface area contributed by atoms with E-state index in [-0.39, 0.29) is 0 Å². The molecule has 1 heterocycles. The zero-order chi connectivity index (χ0) is 15.0. The van der Waals surface area contributed by atoms with Crippen LogP contribution in [-0.2, 0) is 13.0 Å². The molecule has 3 nitrogen and oxygen atoms in total. The average molecular weight is 316 g/mol. The number of hydrogen-bond acceptors (Lipinski definition) is 5. The highest BCUT2D eigenvalue weighted by Crippen LogP contribution is 2.28. The van der Waals surface area contributed by atoms with E-state index in [0.717, 1.165) is 31.7 Å². The normalized spacial score (nSPS) is 12.7. The standard InChI is InChI=1S/C15H29N3S2/c1-6-8-13-14(10-16-9-7-2)20-15(17-13)18(4)12(3)11-19-5/h12,16H,6-11H2,1-5H3. The number of aryl methyl sites for hydroxylation is 1. The average Bonchev–Trinajstić information content (AvgIpc) is 2.82. The minimum atomic E-state index is 0.530. The second-order valence-corrected chi connectivity index (χ2v) is 7.18. The largest absolute Gasteiger partial charge is 0.348 e. The third-order valence-corrected chi connectivity index (χ3v) is 5.34. The van der Waals surface area contributed by atoms with Crippen LogP contribution < -0.4 is 10.2 Å². The summed E-state index contributed by atoms with van der Waals surface area (Å²) in [6.07, 6.45) is 5.59. The van der Waals surface area contributed by atoms with E-state index in [0.29, 0.717) is 6.04 Å². The fourth-order valence-corrected chi connectivity index (χ4v) is 3.86. The highest BCUT2D eigenvalue weighted by Gasteiger charge is 2.16. The molecule has 0 saturated heterocycles. The van der Waals surface area contributed by atoms with Crippen LogP contribution in [0.1, 0.15) is 44.2 Å². The summed E-state index contributed by atoms with van der Waals surface area (Å²) in [6, 6.07) is 0.530. The van der Waals surface area contributed by atoms with E-state index >= 15 is 0 Å². The first-order valence-corrected chi connectivity index (χ1v) is 9.76. The van der Waals surface area contributed by atoms with Gasteiger partial charge in [-0.25, -0.2) is 4.98 Å². The minimum absolute atomic E-state index is 0.530. The molecule has 0 aromatic carbocycles. The van der Waals surface area contributed by atoms with Gasteiger partial charge in [0.05, 0.1) is 5.69 Å². The van der Waals surface area contributed by atoms with Crippen LogP contribution >= 0.6 is 23.1 Å². The van der Waals surface area contributed by atoms with Crippen LogP contribution in [-0.4, -0.2) is 36.6 Å². The predicted molar refractivity (Wildman–Crippen MR) is 94.4 cm³/mol. The zero-order valence-electron chi connectivity index (χ0n) is 13.5. The molecule has 0 spiro atoms. The van der Waals surface area contributed by atoms with Gasteiger partial charge in [-0.2, -0.15) is 11.8 Å². The number of rotatable bonds is 10. The van der Waals surface area contributed by atoms with E-state index < -0.39 is 0 Å². The first kappa shape index (κ1) is 17.8. The summed E-state index contributed by atoms with van der Waals surface area (Å²) in [6.45, 7) is 8.74. The predicted octanol–water partition coefficient (Wildman–Crippen LogP) is 3.78. The lowest BCUT2D eigenvalue weighted by Crippen LogP contribution is -2.30. The molecule has 1 aromatic heterocycles. The highest BCUT2D eigenvalue weighted by atomic mass is 32.2. The maximum Gasteiger partial charge on any atom is 0.185 e. The maximum atomic E-state index is 4.88. The molecule has 0 aliphatic heterocycles. The van der Waals surface area contributed by atoms with Crippen LogP contribution in [0.3, 0.4) is 0 Å². The summed E-state index contributed by atoms with van der Waals surface area (Å²) in [5.41, 5.74) is 1.29. The van der Waals surface area contributed by atoms with E-state index in [1.807, 2.05) is 23.1 Å². The van der Waals surface area contributed by atoms with Crippen molar-refractivity contribution >= 4 is 28.2 Å². The summed E-state index contributed by atoms with van der Waals surface area (Å²) in [5.74, 6) is 1.14. The van der Waals surface area contributed by atoms with Gasteiger partial charge in [0, 0.05) is 30.3 Å². The number of hydrogen-bond donors (Lipinski definition) is 1. The van der Waals surface area contributed by atoms with Crippen molar-refractivity contribution in [3.8, 4) is 0 Å². The Bertz CT molecular complexity index is 379. The van der Waals surface area contributed by atoms with Crippen molar-refractivity contribution in [1.29, 1.82) is 0 Å². The molecule has 0 radical (unpaired) electrons. The molecule has 1 unspecified atom stereocenters. The number of nitrogens with zero attached hydrogens (tertiary/aromatic N) is 2. The van der Waals surface area contributed by atoms with Gasteiger partial charge >= 0.3 is 0 Å². The molecule has 0 fully saturated rings. The van der Waals surface area contributed by atoms with Gasteiger partial charge in [-0.1, -0.05) is 20.3 Å². The summed E-state index contributed by atoms with van der Waals surface area (Å²) >= 11 is 3.75. The molecular weight excluding hydrogens is 286 g/mol. The Morgan fingerprint density at radius 3 is 2.70 bits per heavy atom. The van der Waals surface area contributed by atoms with Crippen LogP contribution in [0, 0.1) is 0 Å². The molecule has 0 saturated carbocycles. The van der Waals surface area contributed by atoms with Gasteiger partial charge in [-0.3, -0.25) is 0 Å². The van der Waals surface area contributed by atoms with Gasteiger partial charge in [0.25, 0.3) is 0 Å². The SMILES string of the molecule is CCCNCc1sc(N(C)C(C)CSC)nc1CCC. The summed E-state index contributed by atoms with van der Waals surface area (Å²) < 4.78 is 0. The lowest BCUT2D eigenvalue weighted by atomic mass is 10.2. The van der Waals surface area contributed by atoms with Gasteiger partial charge < -0.3 is 10.2 Å². The van der Waals surface area contributed by atoms with Gasteiger partial charge in [0.15, 0.2) is 5.13 Å². The molecule has 1 rings (SSSR count). The Kier molecular flexibility index (Phi) is 8.57. The number of nitrogens with one attached hydrogen (secondary N) is 1. The van der Waals surface area contributed by atoms with E-state index in [1.165, 1.54) is 22.1 Å². The highest BCUT2D eigenvalue weighted by molar-refractivity contribution is 7.98. The van der Waals surface area contributed by atoms with Gasteiger partial charge in [0.2, 0.25) is 0 Å². The van der Waals surface area contributed by atoms with Crippen molar-refractivity contribution in [3.63, 3.8) is 0 Å². The minimum Gasteiger partial charge on any atom is -0.348 e.